The van der Waals surface area contributed by atoms with E-state index in [2.05, 4.69) is 22.0 Å². The largest absolute Gasteiger partial charge is 0.403 e. The van der Waals surface area contributed by atoms with Crippen molar-refractivity contribution in [3.8, 4) is 6.01 Å². The van der Waals surface area contributed by atoms with Crippen LogP contribution >= 0.6 is 0 Å². The van der Waals surface area contributed by atoms with Crippen LogP contribution in [0.15, 0.2) is 25.2 Å². The summed E-state index contributed by atoms with van der Waals surface area (Å²) in [4.78, 5) is 36.4. The second-order valence-electron chi connectivity index (χ2n) is 7.90. The lowest BCUT2D eigenvalue weighted by Crippen LogP contribution is -2.19. The molecule has 1 saturated heterocycles. The lowest BCUT2D eigenvalue weighted by molar-refractivity contribution is 0.309. The Kier molecular flexibility index (Phi) is 5.18. The minimum atomic E-state index is -0.801. The number of H-pyrrole nitrogens is 1. The molecule has 2 aromatic rings. The molecule has 0 atom stereocenters. The van der Waals surface area contributed by atoms with Crippen molar-refractivity contribution < 1.29 is 13.5 Å². The van der Waals surface area contributed by atoms with Gasteiger partial charge >= 0.3 is 11.6 Å². The van der Waals surface area contributed by atoms with Crippen LogP contribution in [-0.4, -0.2) is 31.4 Å². The highest BCUT2D eigenvalue weighted by Crippen LogP contribution is 2.49. The second-order valence-corrected chi connectivity index (χ2v) is 9.60. The topological polar surface area (TPSA) is 115 Å². The summed E-state index contributed by atoms with van der Waals surface area (Å²) in [6.45, 7) is 2.26. The van der Waals surface area contributed by atoms with Crippen LogP contribution in [0.3, 0.4) is 0 Å². The number of hydrogen-bond acceptors (Lipinski definition) is 7. The number of oxime groups is 1. The van der Waals surface area contributed by atoms with E-state index in [1.54, 1.807) is 0 Å². The van der Waals surface area contributed by atoms with Gasteiger partial charge in [-0.2, -0.15) is 4.98 Å². The molecule has 1 saturated carbocycles. The summed E-state index contributed by atoms with van der Waals surface area (Å²) in [5.41, 5.74) is 0.852. The van der Waals surface area contributed by atoms with E-state index in [0.29, 0.717) is 41.7 Å². The second kappa shape index (κ2) is 7.62. The zero-order chi connectivity index (χ0) is 19.7. The first-order valence-corrected chi connectivity index (χ1v) is 11.1. The number of hydrogen-bond donors (Lipinski definition) is 1. The van der Waals surface area contributed by atoms with Crippen LogP contribution in [0.25, 0.3) is 11.1 Å². The Morgan fingerprint density at radius 2 is 2.07 bits per heavy atom. The fraction of sp³-hybridized carbons (Fsp3) is 0.579. The number of fused-ring (bicyclic) bond motifs is 1. The van der Waals surface area contributed by atoms with Crippen molar-refractivity contribution in [2.75, 3.05) is 11.5 Å². The van der Waals surface area contributed by atoms with Crippen molar-refractivity contribution in [1.29, 1.82) is 0 Å². The Morgan fingerprint density at radius 1 is 1.32 bits per heavy atom. The molecular weight excluding hydrogens is 382 g/mol. The number of nitrogens with zero attached hydrogens (tertiary/aromatic N) is 2. The van der Waals surface area contributed by atoms with E-state index in [0.717, 1.165) is 18.6 Å². The number of aryl methyl sites for hydroxylation is 1. The first-order valence-electron chi connectivity index (χ1n) is 9.57. The smallest absolute Gasteiger partial charge is 0.337 e. The maximum absolute atomic E-state index is 12.6. The summed E-state index contributed by atoms with van der Waals surface area (Å²) in [5.74, 6) is 1.11. The quantitative estimate of drug-likeness (QED) is 0.738. The normalized spacial score (nSPS) is 20.9. The number of rotatable bonds is 6. The molecule has 0 unspecified atom stereocenters. The van der Waals surface area contributed by atoms with Gasteiger partial charge in [-0.15, -0.1) is 0 Å². The lowest BCUT2D eigenvalue weighted by Gasteiger charge is -2.11. The molecular formula is C19H23N3O5S. The van der Waals surface area contributed by atoms with Gasteiger partial charge in [0.15, 0.2) is 0 Å². The van der Waals surface area contributed by atoms with Gasteiger partial charge < -0.3 is 9.25 Å². The molecule has 2 aromatic heterocycles. The monoisotopic (exact) mass is 405 g/mol. The highest BCUT2D eigenvalue weighted by atomic mass is 32.2. The van der Waals surface area contributed by atoms with E-state index in [9.17, 15) is 13.8 Å². The molecule has 2 aliphatic rings. The van der Waals surface area contributed by atoms with Crippen LogP contribution < -0.4 is 16.0 Å². The third-order valence-electron chi connectivity index (χ3n) is 5.50. The fourth-order valence-electron chi connectivity index (χ4n) is 3.43. The van der Waals surface area contributed by atoms with Gasteiger partial charge in [0.1, 0.15) is 5.39 Å². The van der Waals surface area contributed by atoms with Crippen LogP contribution in [0.2, 0.25) is 0 Å². The van der Waals surface area contributed by atoms with Crippen LogP contribution in [0.5, 0.6) is 6.01 Å². The average molecular weight is 405 g/mol. The SMILES string of the molecule is CC1(CCCc2cc(=O)oc3nc(ON=C4CCS(=O)CC4)[nH]c(=O)c23)CC1. The Labute approximate surface area is 163 Å². The molecule has 0 radical (unpaired) electrons. The van der Waals surface area contributed by atoms with E-state index >= 15 is 0 Å². The summed E-state index contributed by atoms with van der Waals surface area (Å²) >= 11 is 0. The summed E-state index contributed by atoms with van der Waals surface area (Å²) in [7, 11) is -0.801. The van der Waals surface area contributed by atoms with Gasteiger partial charge in [0.25, 0.3) is 5.56 Å². The van der Waals surface area contributed by atoms with Gasteiger partial charge in [0.2, 0.25) is 5.71 Å². The van der Waals surface area contributed by atoms with Gasteiger partial charge in [0.05, 0.1) is 5.71 Å². The molecule has 0 aromatic carbocycles. The van der Waals surface area contributed by atoms with Gasteiger partial charge in [-0.05, 0) is 43.1 Å². The lowest BCUT2D eigenvalue weighted by atomic mass is 9.98. The summed E-state index contributed by atoms with van der Waals surface area (Å²) in [5, 5.41) is 4.28. The van der Waals surface area contributed by atoms with Crippen LogP contribution in [0, 0.1) is 5.41 Å². The molecule has 28 heavy (non-hydrogen) atoms. The van der Waals surface area contributed by atoms with Crippen molar-refractivity contribution in [3.63, 3.8) is 0 Å². The number of nitrogens with one attached hydrogen (secondary N) is 1. The van der Waals surface area contributed by atoms with Gasteiger partial charge in [-0.25, -0.2) is 4.79 Å². The molecule has 0 bridgehead atoms. The van der Waals surface area contributed by atoms with E-state index in [-0.39, 0.29) is 17.1 Å². The number of aromatic amines is 1. The summed E-state index contributed by atoms with van der Waals surface area (Å²) in [6.07, 6.45) is 6.26. The van der Waals surface area contributed by atoms with E-state index < -0.39 is 22.0 Å². The Balaban J connectivity index is 1.56. The summed E-state index contributed by atoms with van der Waals surface area (Å²) < 4.78 is 16.5. The van der Waals surface area contributed by atoms with E-state index in [1.807, 2.05) is 0 Å². The van der Waals surface area contributed by atoms with Gasteiger partial charge in [0, 0.05) is 41.2 Å². The average Bonchev–Trinajstić information content (AvgIpc) is 3.38. The molecule has 2 fully saturated rings. The number of aromatic nitrogens is 2. The van der Waals surface area contributed by atoms with Gasteiger partial charge in [-0.1, -0.05) is 12.1 Å². The molecule has 8 nitrogen and oxygen atoms in total. The Hall–Kier alpha value is -2.29. The minimum absolute atomic E-state index is 0.0381. The predicted molar refractivity (Wildman–Crippen MR) is 106 cm³/mol. The standard InChI is InChI=1S/C19H23N3O5S/c1-19(7-8-19)6-2-3-12-11-14(23)26-17-15(12)16(24)20-18(21-17)27-22-13-4-9-28(25)10-5-13/h11H,2-10H2,1H3,(H,20,21,24). The fourth-order valence-corrected chi connectivity index (χ4v) is 4.56. The summed E-state index contributed by atoms with van der Waals surface area (Å²) in [6, 6.07) is 1.25. The first-order chi connectivity index (χ1) is 13.4. The van der Waals surface area contributed by atoms with E-state index in [4.69, 9.17) is 9.25 Å². The molecule has 1 aliphatic heterocycles. The third kappa shape index (κ3) is 4.40. The zero-order valence-corrected chi connectivity index (χ0v) is 16.6. The molecule has 0 amide bonds. The Bertz CT molecular complexity index is 1060. The maximum Gasteiger partial charge on any atom is 0.337 e. The minimum Gasteiger partial charge on any atom is -0.403 e. The molecule has 3 heterocycles. The van der Waals surface area contributed by atoms with Crippen molar-refractivity contribution >= 4 is 27.6 Å². The maximum atomic E-state index is 12.6. The van der Waals surface area contributed by atoms with Crippen molar-refractivity contribution in [2.24, 2.45) is 10.6 Å². The zero-order valence-electron chi connectivity index (χ0n) is 15.8. The molecule has 9 heteroatoms. The van der Waals surface area contributed by atoms with Gasteiger partial charge in [-0.3, -0.25) is 14.0 Å². The molecule has 0 spiro atoms. The van der Waals surface area contributed by atoms with Crippen molar-refractivity contribution in [1.82, 2.24) is 9.97 Å². The molecule has 1 aliphatic carbocycles. The Morgan fingerprint density at radius 3 is 2.79 bits per heavy atom. The van der Waals surface area contributed by atoms with Crippen LogP contribution in [-0.2, 0) is 17.2 Å². The molecule has 4 rings (SSSR count). The van der Waals surface area contributed by atoms with Crippen LogP contribution in [0.4, 0.5) is 0 Å². The van der Waals surface area contributed by atoms with E-state index in [1.165, 1.54) is 18.9 Å². The third-order valence-corrected chi connectivity index (χ3v) is 6.82. The highest BCUT2D eigenvalue weighted by Gasteiger charge is 2.36. The van der Waals surface area contributed by atoms with Crippen molar-refractivity contribution in [2.45, 2.75) is 51.9 Å². The molecule has 150 valence electrons. The predicted octanol–water partition coefficient (Wildman–Crippen LogP) is 2.28. The highest BCUT2D eigenvalue weighted by molar-refractivity contribution is 7.85. The first kappa shape index (κ1) is 19.0. The van der Waals surface area contributed by atoms with Crippen molar-refractivity contribution in [3.05, 3.63) is 32.4 Å². The molecule has 1 N–H and O–H groups in total. The van der Waals surface area contributed by atoms with Crippen LogP contribution in [0.1, 0.15) is 51.0 Å².